The van der Waals surface area contributed by atoms with Crippen LogP contribution in [0.3, 0.4) is 0 Å². The molecule has 1 atom stereocenters. The summed E-state index contributed by atoms with van der Waals surface area (Å²) in [7, 11) is 0. The quantitative estimate of drug-likeness (QED) is 0.234. The topological polar surface area (TPSA) is 46.5 Å². The molecule has 35 heavy (non-hydrogen) atoms. The molecule has 0 heterocycles. The second kappa shape index (κ2) is 11.4. The number of carbonyl (C=O) groups is 1. The number of carboxylic acids is 1. The summed E-state index contributed by atoms with van der Waals surface area (Å²) >= 11 is 7.97. The fourth-order valence-corrected chi connectivity index (χ4v) is 5.33. The van der Waals surface area contributed by atoms with E-state index in [1.54, 1.807) is 30.0 Å². The van der Waals surface area contributed by atoms with Crippen LogP contribution in [0.5, 0.6) is 5.75 Å². The van der Waals surface area contributed by atoms with Crippen molar-refractivity contribution in [2.45, 2.75) is 23.5 Å². The number of hydrogen-bond acceptors (Lipinski definition) is 3. The molecule has 0 spiro atoms. The van der Waals surface area contributed by atoms with Crippen LogP contribution in [0.1, 0.15) is 21.9 Å². The summed E-state index contributed by atoms with van der Waals surface area (Å²) in [4.78, 5) is 11.8. The molecule has 1 N–H and O–H groups in total. The van der Waals surface area contributed by atoms with Crippen LogP contribution in [0.25, 0.3) is 11.1 Å². The highest BCUT2D eigenvalue weighted by atomic mass is 35.5. The molecule has 0 radical (unpaired) electrons. The van der Waals surface area contributed by atoms with Gasteiger partial charge < -0.3 is 9.84 Å². The fraction of sp³-hybridized carbons (Fsp3) is 0.138. The standard InChI is InChI=1S/C29H24ClFO3S/c1-19-16-23(14-15-27(19)34-18-29(32)33)35-28(17-24-25(30)8-5-9-26(24)31)22-12-10-21(11-13-22)20-6-3-2-4-7-20/h2-16,28H,17-18H2,1H3,(H,32,33). The lowest BCUT2D eigenvalue weighted by Gasteiger charge is -2.20. The average Bonchev–Trinajstić information content (AvgIpc) is 2.86. The van der Waals surface area contributed by atoms with Crippen molar-refractivity contribution in [1.82, 2.24) is 0 Å². The highest BCUT2D eigenvalue weighted by Gasteiger charge is 2.19. The number of thioether (sulfide) groups is 1. The van der Waals surface area contributed by atoms with E-state index in [0.717, 1.165) is 27.1 Å². The third kappa shape index (κ3) is 6.44. The zero-order chi connectivity index (χ0) is 24.8. The van der Waals surface area contributed by atoms with Crippen molar-refractivity contribution >= 4 is 29.3 Å². The molecule has 0 aliphatic rings. The molecule has 0 saturated carbocycles. The molecule has 1 unspecified atom stereocenters. The second-order valence-electron chi connectivity index (χ2n) is 8.11. The molecular weight excluding hydrogens is 483 g/mol. The van der Waals surface area contributed by atoms with E-state index in [-0.39, 0.29) is 11.1 Å². The largest absolute Gasteiger partial charge is 0.482 e. The van der Waals surface area contributed by atoms with Crippen LogP contribution in [-0.4, -0.2) is 17.7 Å². The summed E-state index contributed by atoms with van der Waals surface area (Å²) in [5.41, 5.74) is 4.61. The summed E-state index contributed by atoms with van der Waals surface area (Å²) in [5, 5.41) is 9.18. The van der Waals surface area contributed by atoms with Gasteiger partial charge in [-0.25, -0.2) is 9.18 Å². The summed E-state index contributed by atoms with van der Waals surface area (Å²) in [6, 6.07) is 28.8. The van der Waals surface area contributed by atoms with Crippen molar-refractivity contribution in [1.29, 1.82) is 0 Å². The van der Waals surface area contributed by atoms with Gasteiger partial charge in [0, 0.05) is 20.7 Å². The van der Waals surface area contributed by atoms with E-state index in [2.05, 4.69) is 36.4 Å². The number of carboxylic acid groups (broad SMARTS) is 1. The van der Waals surface area contributed by atoms with Crippen molar-refractivity contribution in [2.24, 2.45) is 0 Å². The number of hydrogen-bond donors (Lipinski definition) is 1. The zero-order valence-corrected chi connectivity index (χ0v) is 20.7. The van der Waals surface area contributed by atoms with E-state index in [4.69, 9.17) is 21.4 Å². The van der Waals surface area contributed by atoms with Gasteiger partial charge in [0.05, 0.1) is 0 Å². The Morgan fingerprint density at radius 2 is 1.69 bits per heavy atom. The molecule has 3 nitrogen and oxygen atoms in total. The van der Waals surface area contributed by atoms with Gasteiger partial charge in [-0.1, -0.05) is 72.3 Å². The lowest BCUT2D eigenvalue weighted by atomic mass is 9.99. The van der Waals surface area contributed by atoms with Gasteiger partial charge in [-0.3, -0.25) is 0 Å². The van der Waals surface area contributed by atoms with Crippen molar-refractivity contribution in [3.05, 3.63) is 119 Å². The van der Waals surface area contributed by atoms with Gasteiger partial charge in [-0.2, -0.15) is 0 Å². The van der Waals surface area contributed by atoms with Crippen LogP contribution in [0.4, 0.5) is 4.39 Å². The number of ether oxygens (including phenoxy) is 1. The minimum absolute atomic E-state index is 0.0978. The minimum atomic E-state index is -1.02. The van der Waals surface area contributed by atoms with Crippen molar-refractivity contribution in [3.8, 4) is 16.9 Å². The van der Waals surface area contributed by atoms with Gasteiger partial charge >= 0.3 is 5.97 Å². The molecule has 4 rings (SSSR count). The zero-order valence-electron chi connectivity index (χ0n) is 19.1. The van der Waals surface area contributed by atoms with Gasteiger partial charge in [0.2, 0.25) is 0 Å². The predicted molar refractivity (Wildman–Crippen MR) is 140 cm³/mol. The smallest absolute Gasteiger partial charge is 0.341 e. The highest BCUT2D eigenvalue weighted by Crippen LogP contribution is 2.41. The Kier molecular flexibility index (Phi) is 8.11. The predicted octanol–water partition coefficient (Wildman–Crippen LogP) is 7.99. The van der Waals surface area contributed by atoms with Crippen LogP contribution in [0, 0.1) is 12.7 Å². The van der Waals surface area contributed by atoms with Crippen LogP contribution in [-0.2, 0) is 11.2 Å². The molecule has 0 fully saturated rings. The van der Waals surface area contributed by atoms with Crippen molar-refractivity contribution < 1.29 is 19.0 Å². The summed E-state index contributed by atoms with van der Waals surface area (Å²) in [6.07, 6.45) is 0.414. The van der Waals surface area contributed by atoms with Gasteiger partial charge in [-0.15, -0.1) is 11.8 Å². The summed E-state index contributed by atoms with van der Waals surface area (Å²) in [5.74, 6) is -0.820. The van der Waals surface area contributed by atoms with E-state index in [1.165, 1.54) is 6.07 Å². The molecule has 6 heteroatoms. The normalized spacial score (nSPS) is 11.7. The van der Waals surface area contributed by atoms with Crippen molar-refractivity contribution in [3.63, 3.8) is 0 Å². The second-order valence-corrected chi connectivity index (χ2v) is 9.79. The molecule has 4 aromatic rings. The van der Waals surface area contributed by atoms with E-state index >= 15 is 0 Å². The number of aliphatic carboxylic acids is 1. The third-order valence-electron chi connectivity index (χ3n) is 5.62. The minimum Gasteiger partial charge on any atom is -0.482 e. The maximum Gasteiger partial charge on any atom is 0.341 e. The highest BCUT2D eigenvalue weighted by molar-refractivity contribution is 7.99. The Bertz CT molecular complexity index is 1290. The third-order valence-corrected chi connectivity index (χ3v) is 7.22. The first-order chi connectivity index (χ1) is 16.9. The molecule has 0 saturated heterocycles. The van der Waals surface area contributed by atoms with E-state index in [1.807, 2.05) is 37.3 Å². The Balaban J connectivity index is 1.63. The van der Waals surface area contributed by atoms with Gasteiger partial charge in [0.15, 0.2) is 6.61 Å². The Labute approximate surface area is 213 Å². The van der Waals surface area contributed by atoms with E-state index in [9.17, 15) is 9.18 Å². The number of rotatable bonds is 9. The first-order valence-electron chi connectivity index (χ1n) is 11.1. The monoisotopic (exact) mass is 506 g/mol. The Morgan fingerprint density at radius 3 is 2.34 bits per heavy atom. The summed E-state index contributed by atoms with van der Waals surface area (Å²) < 4.78 is 20.0. The first-order valence-corrected chi connectivity index (χ1v) is 12.4. The van der Waals surface area contributed by atoms with Gasteiger partial charge in [0.25, 0.3) is 0 Å². The van der Waals surface area contributed by atoms with Crippen LogP contribution in [0.15, 0.2) is 95.9 Å². The number of aryl methyl sites for hydroxylation is 1. The first kappa shape index (κ1) is 24.8. The van der Waals surface area contributed by atoms with E-state index in [0.29, 0.717) is 22.8 Å². The van der Waals surface area contributed by atoms with Crippen LogP contribution in [0.2, 0.25) is 5.02 Å². The summed E-state index contributed by atoms with van der Waals surface area (Å²) in [6.45, 7) is 1.48. The molecule has 178 valence electrons. The lowest BCUT2D eigenvalue weighted by Crippen LogP contribution is -2.10. The van der Waals surface area contributed by atoms with E-state index < -0.39 is 12.6 Å². The van der Waals surface area contributed by atoms with Crippen LogP contribution < -0.4 is 4.74 Å². The number of benzene rings is 4. The molecule has 0 amide bonds. The average molecular weight is 507 g/mol. The number of halogens is 2. The molecule has 4 aromatic carbocycles. The molecule has 0 aromatic heterocycles. The Morgan fingerprint density at radius 1 is 0.971 bits per heavy atom. The SMILES string of the molecule is Cc1cc(SC(Cc2c(F)cccc2Cl)c2ccc(-c3ccccc3)cc2)ccc1OCC(=O)O. The molecular formula is C29H24ClFO3S. The van der Waals surface area contributed by atoms with Crippen LogP contribution >= 0.6 is 23.4 Å². The maximum atomic E-state index is 14.7. The van der Waals surface area contributed by atoms with Crippen molar-refractivity contribution in [2.75, 3.05) is 6.61 Å². The fourth-order valence-electron chi connectivity index (χ4n) is 3.82. The molecule has 0 aliphatic carbocycles. The lowest BCUT2D eigenvalue weighted by molar-refractivity contribution is -0.139. The molecule has 0 bridgehead atoms. The van der Waals surface area contributed by atoms with Gasteiger partial charge in [0.1, 0.15) is 11.6 Å². The Hall–Kier alpha value is -3.28. The van der Waals surface area contributed by atoms with Gasteiger partial charge in [-0.05, 0) is 65.9 Å². The molecule has 0 aliphatic heterocycles. The maximum absolute atomic E-state index is 14.7.